The fourth-order valence-corrected chi connectivity index (χ4v) is 2.22. The summed E-state index contributed by atoms with van der Waals surface area (Å²) in [6, 6.07) is 1.89. The molecule has 0 aliphatic carbocycles. The van der Waals surface area contributed by atoms with E-state index in [-0.39, 0.29) is 11.9 Å². The smallest absolute Gasteiger partial charge is 0.255 e. The molecule has 1 aromatic rings. The number of nitrogens with zero attached hydrogens (tertiary/aromatic N) is 1. The van der Waals surface area contributed by atoms with Crippen LogP contribution in [0.25, 0.3) is 0 Å². The lowest BCUT2D eigenvalue weighted by Crippen LogP contribution is -2.36. The Hall–Kier alpha value is -1.23. The van der Waals surface area contributed by atoms with E-state index < -0.39 is 0 Å². The van der Waals surface area contributed by atoms with Gasteiger partial charge >= 0.3 is 0 Å². The number of anilines is 1. The summed E-state index contributed by atoms with van der Waals surface area (Å²) in [5.74, 6) is 0.762. The molecule has 0 saturated carbocycles. The van der Waals surface area contributed by atoms with Crippen molar-refractivity contribution >= 4 is 23.4 Å². The summed E-state index contributed by atoms with van der Waals surface area (Å²) >= 11 is 1.72. The van der Waals surface area contributed by atoms with Crippen molar-refractivity contribution in [1.82, 2.24) is 10.3 Å². The van der Waals surface area contributed by atoms with Gasteiger partial charge in [0, 0.05) is 29.4 Å². The largest absolute Gasteiger partial charge is 0.398 e. The molecular formula is C12H19N3OS. The van der Waals surface area contributed by atoms with Gasteiger partial charge in [-0.05, 0) is 25.7 Å². The number of nitrogens with one attached hydrogen (secondary N) is 1. The molecule has 94 valence electrons. The highest BCUT2D eigenvalue weighted by molar-refractivity contribution is 7.98. The molecule has 5 heteroatoms. The van der Waals surface area contributed by atoms with E-state index in [4.69, 9.17) is 5.73 Å². The van der Waals surface area contributed by atoms with Crippen LogP contribution in [0.3, 0.4) is 0 Å². The number of aryl methyl sites for hydroxylation is 1. The van der Waals surface area contributed by atoms with Crippen LogP contribution in [0.1, 0.15) is 29.4 Å². The van der Waals surface area contributed by atoms with Gasteiger partial charge < -0.3 is 11.1 Å². The van der Waals surface area contributed by atoms with Crippen LogP contribution in [0, 0.1) is 6.92 Å². The standard InChI is InChI=1S/C12H19N3OS/c1-4-9(7-17-3)15-12(16)10-6-14-8(2)5-11(10)13/h5-6,9H,4,7H2,1-3H3,(H2,13,14)(H,15,16). The van der Waals surface area contributed by atoms with Gasteiger partial charge in [-0.1, -0.05) is 6.92 Å². The van der Waals surface area contributed by atoms with E-state index in [0.29, 0.717) is 11.3 Å². The van der Waals surface area contributed by atoms with Crippen LogP contribution in [-0.2, 0) is 0 Å². The Morgan fingerprint density at radius 3 is 2.88 bits per heavy atom. The fraction of sp³-hybridized carbons (Fsp3) is 0.500. The molecule has 0 spiro atoms. The number of rotatable bonds is 5. The Morgan fingerprint density at radius 1 is 1.65 bits per heavy atom. The van der Waals surface area contributed by atoms with Gasteiger partial charge in [-0.15, -0.1) is 0 Å². The highest BCUT2D eigenvalue weighted by atomic mass is 32.2. The Morgan fingerprint density at radius 2 is 2.35 bits per heavy atom. The first kappa shape index (κ1) is 13.8. The second-order valence-electron chi connectivity index (χ2n) is 3.95. The topological polar surface area (TPSA) is 68.0 Å². The summed E-state index contributed by atoms with van der Waals surface area (Å²) in [6.45, 7) is 3.90. The number of thioether (sulfide) groups is 1. The van der Waals surface area contributed by atoms with Crippen molar-refractivity contribution in [2.45, 2.75) is 26.3 Å². The fourth-order valence-electron chi connectivity index (χ4n) is 1.50. The maximum absolute atomic E-state index is 12.0. The number of pyridine rings is 1. The van der Waals surface area contributed by atoms with E-state index in [1.54, 1.807) is 17.8 Å². The molecular weight excluding hydrogens is 234 g/mol. The molecule has 0 bridgehead atoms. The molecule has 1 rings (SSSR count). The first-order valence-electron chi connectivity index (χ1n) is 5.60. The normalized spacial score (nSPS) is 12.2. The van der Waals surface area contributed by atoms with Gasteiger partial charge in [-0.25, -0.2) is 0 Å². The number of aromatic nitrogens is 1. The second kappa shape index (κ2) is 6.49. The highest BCUT2D eigenvalue weighted by Gasteiger charge is 2.14. The van der Waals surface area contributed by atoms with E-state index in [9.17, 15) is 4.79 Å². The minimum atomic E-state index is -0.143. The lowest BCUT2D eigenvalue weighted by molar-refractivity contribution is 0.0940. The van der Waals surface area contributed by atoms with Gasteiger partial charge in [0.25, 0.3) is 5.91 Å². The van der Waals surface area contributed by atoms with Crippen molar-refractivity contribution in [3.63, 3.8) is 0 Å². The van der Waals surface area contributed by atoms with E-state index in [1.807, 2.05) is 13.2 Å². The van der Waals surface area contributed by atoms with Crippen molar-refractivity contribution in [3.05, 3.63) is 23.5 Å². The van der Waals surface area contributed by atoms with E-state index >= 15 is 0 Å². The third kappa shape index (κ3) is 3.93. The summed E-state index contributed by atoms with van der Waals surface area (Å²) < 4.78 is 0. The van der Waals surface area contributed by atoms with Crippen LogP contribution in [0.2, 0.25) is 0 Å². The summed E-state index contributed by atoms with van der Waals surface area (Å²) in [5, 5.41) is 2.96. The molecule has 1 unspecified atom stereocenters. The lowest BCUT2D eigenvalue weighted by atomic mass is 10.2. The quantitative estimate of drug-likeness (QED) is 0.840. The zero-order chi connectivity index (χ0) is 12.8. The maximum atomic E-state index is 12.0. The van der Waals surface area contributed by atoms with Crippen LogP contribution in [0.4, 0.5) is 5.69 Å². The maximum Gasteiger partial charge on any atom is 0.255 e. The number of carbonyl (C=O) groups excluding carboxylic acids is 1. The molecule has 1 amide bonds. The predicted molar refractivity (Wildman–Crippen MR) is 73.3 cm³/mol. The third-order valence-corrected chi connectivity index (χ3v) is 3.25. The summed E-state index contributed by atoms with van der Waals surface area (Å²) in [4.78, 5) is 16.1. The van der Waals surface area contributed by atoms with E-state index in [2.05, 4.69) is 17.2 Å². The zero-order valence-electron chi connectivity index (χ0n) is 10.5. The monoisotopic (exact) mass is 253 g/mol. The highest BCUT2D eigenvalue weighted by Crippen LogP contribution is 2.12. The Bertz CT molecular complexity index is 395. The van der Waals surface area contributed by atoms with Crippen LogP contribution in [0.15, 0.2) is 12.3 Å². The molecule has 1 aromatic heterocycles. The van der Waals surface area contributed by atoms with Gasteiger partial charge in [0.1, 0.15) is 0 Å². The average Bonchev–Trinajstić information content (AvgIpc) is 2.28. The van der Waals surface area contributed by atoms with Gasteiger partial charge in [0.2, 0.25) is 0 Å². The summed E-state index contributed by atoms with van der Waals surface area (Å²) in [5.41, 5.74) is 7.56. The SMILES string of the molecule is CCC(CSC)NC(=O)c1cnc(C)cc1N. The first-order chi connectivity index (χ1) is 8.08. The molecule has 0 aliphatic heterocycles. The molecule has 0 aromatic carbocycles. The van der Waals surface area contributed by atoms with Crippen molar-refractivity contribution in [1.29, 1.82) is 0 Å². The Balaban J connectivity index is 2.75. The number of carbonyl (C=O) groups is 1. The number of amides is 1. The van der Waals surface area contributed by atoms with Gasteiger partial charge in [0.15, 0.2) is 0 Å². The molecule has 4 nitrogen and oxygen atoms in total. The van der Waals surface area contributed by atoms with Crippen molar-refractivity contribution in [2.75, 3.05) is 17.7 Å². The second-order valence-corrected chi connectivity index (χ2v) is 4.86. The van der Waals surface area contributed by atoms with Crippen molar-refractivity contribution in [3.8, 4) is 0 Å². The van der Waals surface area contributed by atoms with Crippen LogP contribution in [-0.4, -0.2) is 28.9 Å². The predicted octanol–water partition coefficient (Wildman–Crippen LogP) is 1.84. The molecule has 0 fully saturated rings. The molecule has 1 atom stereocenters. The molecule has 3 N–H and O–H groups in total. The molecule has 17 heavy (non-hydrogen) atoms. The molecule has 0 saturated heterocycles. The first-order valence-corrected chi connectivity index (χ1v) is 6.99. The number of hydrogen-bond acceptors (Lipinski definition) is 4. The van der Waals surface area contributed by atoms with Crippen LogP contribution in [0.5, 0.6) is 0 Å². The average molecular weight is 253 g/mol. The van der Waals surface area contributed by atoms with Gasteiger partial charge in [-0.2, -0.15) is 11.8 Å². The zero-order valence-corrected chi connectivity index (χ0v) is 11.3. The lowest BCUT2D eigenvalue weighted by Gasteiger charge is -2.16. The third-order valence-electron chi connectivity index (χ3n) is 2.51. The Kier molecular flexibility index (Phi) is 5.28. The number of nitrogen functional groups attached to an aromatic ring is 1. The summed E-state index contributed by atoms with van der Waals surface area (Å²) in [7, 11) is 0. The molecule has 0 aliphatic rings. The van der Waals surface area contributed by atoms with E-state index in [0.717, 1.165) is 17.9 Å². The number of nitrogens with two attached hydrogens (primary N) is 1. The van der Waals surface area contributed by atoms with E-state index in [1.165, 1.54) is 6.20 Å². The minimum absolute atomic E-state index is 0.143. The molecule has 1 heterocycles. The minimum Gasteiger partial charge on any atom is -0.398 e. The van der Waals surface area contributed by atoms with Gasteiger partial charge in [0.05, 0.1) is 5.56 Å². The van der Waals surface area contributed by atoms with Crippen LogP contribution < -0.4 is 11.1 Å². The summed E-state index contributed by atoms with van der Waals surface area (Å²) in [6.07, 6.45) is 4.47. The number of hydrogen-bond donors (Lipinski definition) is 2. The molecule has 0 radical (unpaired) electrons. The van der Waals surface area contributed by atoms with Crippen molar-refractivity contribution < 1.29 is 4.79 Å². The van der Waals surface area contributed by atoms with Crippen molar-refractivity contribution in [2.24, 2.45) is 0 Å². The Labute approximate surface area is 106 Å². The van der Waals surface area contributed by atoms with Crippen LogP contribution >= 0.6 is 11.8 Å². The van der Waals surface area contributed by atoms with Gasteiger partial charge in [-0.3, -0.25) is 9.78 Å².